The van der Waals surface area contributed by atoms with Gasteiger partial charge >= 0.3 is 5.97 Å². The molecule has 1 aromatic heterocycles. The van der Waals surface area contributed by atoms with Crippen LogP contribution in [0, 0.1) is 0 Å². The van der Waals surface area contributed by atoms with Crippen LogP contribution < -0.4 is 10.2 Å². The molecule has 3 rings (SSSR count). The fourth-order valence-electron chi connectivity index (χ4n) is 2.93. The van der Waals surface area contributed by atoms with Gasteiger partial charge in [0.2, 0.25) is 0 Å². The molecule has 0 saturated heterocycles. The molecule has 0 amide bonds. The number of halogens is 1. The number of methoxy groups -OCH3 is 1. The average Bonchev–Trinajstić information content (AvgIpc) is 2.58. The Morgan fingerprint density at radius 1 is 1.32 bits per heavy atom. The first kappa shape index (κ1) is 17.5. The minimum Gasteiger partial charge on any atom is -0.492 e. The second kappa shape index (κ2) is 7.29. The largest absolute Gasteiger partial charge is 0.492 e. The van der Waals surface area contributed by atoms with Crippen molar-refractivity contribution >= 4 is 17.6 Å². The van der Waals surface area contributed by atoms with E-state index < -0.39 is 11.4 Å². The minimum absolute atomic E-state index is 0.226. The van der Waals surface area contributed by atoms with Gasteiger partial charge < -0.3 is 19.1 Å². The smallest absolute Gasteiger partial charge is 0.341 e. The maximum absolute atomic E-state index is 12.0. The van der Waals surface area contributed by atoms with E-state index in [-0.39, 0.29) is 5.56 Å². The predicted molar refractivity (Wildman–Crippen MR) is 93.8 cm³/mol. The predicted octanol–water partition coefficient (Wildman–Crippen LogP) is 2.84. The summed E-state index contributed by atoms with van der Waals surface area (Å²) in [6.07, 6.45) is 2.86. The van der Waals surface area contributed by atoms with E-state index in [1.54, 1.807) is 17.7 Å². The third kappa shape index (κ3) is 3.55. The van der Waals surface area contributed by atoms with Gasteiger partial charge in [-0.2, -0.15) is 0 Å². The van der Waals surface area contributed by atoms with Crippen molar-refractivity contribution in [3.8, 4) is 17.0 Å². The van der Waals surface area contributed by atoms with Crippen molar-refractivity contribution < 1.29 is 19.4 Å². The summed E-state index contributed by atoms with van der Waals surface area (Å²) in [5, 5.41) is 9.56. The molecule has 0 aliphatic carbocycles. The lowest BCUT2D eigenvalue weighted by molar-refractivity contribution is 0.0694. The summed E-state index contributed by atoms with van der Waals surface area (Å²) in [6, 6.07) is 5.02. The van der Waals surface area contributed by atoms with Crippen molar-refractivity contribution in [2.24, 2.45) is 0 Å². The Labute approximate surface area is 149 Å². The Balaban J connectivity index is 1.95. The first-order valence-electron chi connectivity index (χ1n) is 7.93. The van der Waals surface area contributed by atoms with Gasteiger partial charge in [0.1, 0.15) is 11.3 Å². The number of ether oxygens (including phenoxy) is 2. The monoisotopic (exact) mass is 363 g/mol. The van der Waals surface area contributed by atoms with Crippen LogP contribution in [-0.2, 0) is 17.7 Å². The highest BCUT2D eigenvalue weighted by Crippen LogP contribution is 2.36. The zero-order chi connectivity index (χ0) is 18.0. The van der Waals surface area contributed by atoms with Crippen molar-refractivity contribution in [1.82, 2.24) is 4.57 Å². The molecule has 0 radical (unpaired) electrons. The summed E-state index contributed by atoms with van der Waals surface area (Å²) in [7, 11) is 1.64. The molecule has 0 unspecified atom stereocenters. The van der Waals surface area contributed by atoms with Gasteiger partial charge in [-0.1, -0.05) is 11.6 Å². The summed E-state index contributed by atoms with van der Waals surface area (Å²) in [5.74, 6) is -0.613. The number of aromatic nitrogens is 1. The van der Waals surface area contributed by atoms with Gasteiger partial charge in [0.15, 0.2) is 5.43 Å². The number of pyridine rings is 1. The highest BCUT2D eigenvalue weighted by Gasteiger charge is 2.21. The zero-order valence-corrected chi connectivity index (χ0v) is 14.5. The lowest BCUT2D eigenvalue weighted by Crippen LogP contribution is -2.22. The zero-order valence-electron chi connectivity index (χ0n) is 13.8. The van der Waals surface area contributed by atoms with E-state index in [4.69, 9.17) is 26.2 Å². The lowest BCUT2D eigenvalue weighted by Gasteiger charge is -2.23. The SMILES string of the molecule is COCCCOc1cc2c(cc1Cl)-c1cc(=O)c(C(=O)O)cn1CC2. The highest BCUT2D eigenvalue weighted by atomic mass is 35.5. The van der Waals surface area contributed by atoms with Crippen LogP contribution in [0.15, 0.2) is 29.2 Å². The van der Waals surface area contributed by atoms with Crippen LogP contribution in [-0.4, -0.2) is 36.0 Å². The van der Waals surface area contributed by atoms with E-state index in [0.29, 0.717) is 42.6 Å². The first-order chi connectivity index (χ1) is 12.0. The summed E-state index contributed by atoms with van der Waals surface area (Å²) < 4.78 is 12.5. The number of aryl methyl sites for hydroxylation is 2. The molecule has 25 heavy (non-hydrogen) atoms. The van der Waals surface area contributed by atoms with E-state index in [9.17, 15) is 9.59 Å². The third-order valence-corrected chi connectivity index (χ3v) is 4.46. The number of carbonyl (C=O) groups is 1. The van der Waals surface area contributed by atoms with Crippen molar-refractivity contribution in [2.45, 2.75) is 19.4 Å². The number of hydrogen-bond donors (Lipinski definition) is 1. The maximum atomic E-state index is 12.0. The van der Waals surface area contributed by atoms with Crippen LogP contribution in [0.4, 0.5) is 0 Å². The highest BCUT2D eigenvalue weighted by molar-refractivity contribution is 6.32. The van der Waals surface area contributed by atoms with Crippen LogP contribution in [0.5, 0.6) is 5.75 Å². The molecule has 1 aliphatic rings. The van der Waals surface area contributed by atoms with Crippen LogP contribution in [0.25, 0.3) is 11.3 Å². The number of nitrogens with zero attached hydrogens (tertiary/aromatic N) is 1. The second-order valence-electron chi connectivity index (χ2n) is 5.82. The van der Waals surface area contributed by atoms with Gasteiger partial charge in [-0.05, 0) is 24.1 Å². The van der Waals surface area contributed by atoms with E-state index >= 15 is 0 Å². The Morgan fingerprint density at radius 3 is 2.84 bits per heavy atom. The number of carboxylic acids is 1. The summed E-state index contributed by atoms with van der Waals surface area (Å²) in [5.41, 5.74) is 1.78. The van der Waals surface area contributed by atoms with Gasteiger partial charge in [0, 0.05) is 44.5 Å². The Morgan fingerprint density at radius 2 is 2.12 bits per heavy atom. The molecule has 6 nitrogen and oxygen atoms in total. The maximum Gasteiger partial charge on any atom is 0.341 e. The van der Waals surface area contributed by atoms with Crippen molar-refractivity contribution in [1.29, 1.82) is 0 Å². The van der Waals surface area contributed by atoms with E-state index in [1.165, 1.54) is 12.3 Å². The molecule has 1 aromatic carbocycles. The second-order valence-corrected chi connectivity index (χ2v) is 6.23. The van der Waals surface area contributed by atoms with Crippen LogP contribution >= 0.6 is 11.6 Å². The minimum atomic E-state index is -1.22. The normalized spacial score (nSPS) is 12.4. The van der Waals surface area contributed by atoms with Crippen LogP contribution in [0.1, 0.15) is 22.3 Å². The third-order valence-electron chi connectivity index (χ3n) is 4.16. The topological polar surface area (TPSA) is 77.8 Å². The number of rotatable bonds is 6. The number of fused-ring (bicyclic) bond motifs is 3. The lowest BCUT2D eigenvalue weighted by atomic mass is 9.96. The molecule has 132 valence electrons. The van der Waals surface area contributed by atoms with Crippen LogP contribution in [0.2, 0.25) is 5.02 Å². The fraction of sp³-hybridized carbons (Fsp3) is 0.333. The van der Waals surface area contributed by atoms with Crippen LogP contribution in [0.3, 0.4) is 0 Å². The van der Waals surface area contributed by atoms with Crippen molar-refractivity contribution in [3.63, 3.8) is 0 Å². The number of carboxylic acid groups (broad SMARTS) is 1. The molecular formula is C18H18ClNO5. The molecule has 7 heteroatoms. The molecular weight excluding hydrogens is 346 g/mol. The van der Waals surface area contributed by atoms with E-state index in [0.717, 1.165) is 17.5 Å². The van der Waals surface area contributed by atoms with Crippen molar-refractivity contribution in [3.05, 3.63) is 50.8 Å². The van der Waals surface area contributed by atoms with E-state index in [1.807, 2.05) is 6.07 Å². The number of hydrogen-bond acceptors (Lipinski definition) is 4. The Kier molecular flexibility index (Phi) is 5.11. The Hall–Kier alpha value is -2.31. The van der Waals surface area contributed by atoms with Crippen molar-refractivity contribution in [2.75, 3.05) is 20.3 Å². The summed E-state index contributed by atoms with van der Waals surface area (Å²) >= 11 is 6.32. The molecule has 0 saturated carbocycles. The number of aromatic carboxylic acids is 1. The average molecular weight is 364 g/mol. The molecule has 1 aliphatic heterocycles. The molecule has 1 N–H and O–H groups in total. The number of benzene rings is 1. The Bertz CT molecular complexity index is 875. The fourth-order valence-corrected chi connectivity index (χ4v) is 3.15. The van der Waals surface area contributed by atoms with Gasteiger partial charge in [-0.25, -0.2) is 4.79 Å². The first-order valence-corrected chi connectivity index (χ1v) is 8.31. The van der Waals surface area contributed by atoms with E-state index in [2.05, 4.69) is 0 Å². The summed E-state index contributed by atoms with van der Waals surface area (Å²) in [4.78, 5) is 23.2. The molecule has 0 fully saturated rings. The molecule has 0 spiro atoms. The quantitative estimate of drug-likeness (QED) is 0.798. The molecule has 0 bridgehead atoms. The molecule has 2 aromatic rings. The van der Waals surface area contributed by atoms with Gasteiger partial charge in [-0.15, -0.1) is 0 Å². The standard InChI is InChI=1S/C18H18ClNO5/c1-24-5-2-6-25-17-7-11-3-4-20-10-13(18(22)23)16(21)9-15(20)12(11)8-14(17)19/h7-10H,2-6H2,1H3,(H,22,23). The van der Waals surface area contributed by atoms with Gasteiger partial charge in [-0.3, -0.25) is 4.79 Å². The summed E-state index contributed by atoms with van der Waals surface area (Å²) in [6.45, 7) is 1.71. The molecule has 2 heterocycles. The molecule has 0 atom stereocenters. The van der Waals surface area contributed by atoms with Gasteiger partial charge in [0.25, 0.3) is 0 Å². The van der Waals surface area contributed by atoms with Gasteiger partial charge in [0.05, 0.1) is 17.3 Å².